The molecule has 3 amide bonds. The number of morpholine rings is 1. The average molecular weight is 584 g/mol. The Morgan fingerprint density at radius 1 is 1.13 bits per heavy atom. The molecule has 4 rings (SSSR count). The fraction of sp³-hybridized carbons (Fsp3) is 0.458. The summed E-state index contributed by atoms with van der Waals surface area (Å²) in [6.45, 7) is 4.12. The van der Waals surface area contributed by atoms with E-state index in [1.165, 1.54) is 11.0 Å². The normalized spacial score (nSPS) is 17.9. The van der Waals surface area contributed by atoms with Crippen LogP contribution in [0.3, 0.4) is 0 Å². The molecule has 0 radical (unpaired) electrons. The highest BCUT2D eigenvalue weighted by Crippen LogP contribution is 2.28. The van der Waals surface area contributed by atoms with Gasteiger partial charge in [0.25, 0.3) is 11.8 Å². The molecule has 1 atom stereocenters. The number of nitrogens with one attached hydrogen (secondary N) is 2. The lowest BCUT2D eigenvalue weighted by atomic mass is 10.1. The van der Waals surface area contributed by atoms with Crippen molar-refractivity contribution in [3.8, 4) is 0 Å². The lowest BCUT2D eigenvalue weighted by Gasteiger charge is -2.35. The van der Waals surface area contributed by atoms with Crippen LogP contribution in [0.4, 0.5) is 5.69 Å². The SMILES string of the molecule is Cc1c(N2CCOCC2=O)cccc1S(=O)(=O)N[C@@H](CNC(=O)c1ccc(Cl)s1)C(=O)N1CCN(C)CC1. The van der Waals surface area contributed by atoms with Crippen molar-refractivity contribution in [2.45, 2.75) is 17.9 Å². The number of thiophene rings is 1. The molecule has 38 heavy (non-hydrogen) atoms. The molecule has 11 nitrogen and oxygen atoms in total. The van der Waals surface area contributed by atoms with Gasteiger partial charge in [-0.2, -0.15) is 4.72 Å². The summed E-state index contributed by atoms with van der Waals surface area (Å²) < 4.78 is 35.3. The summed E-state index contributed by atoms with van der Waals surface area (Å²) in [4.78, 5) is 43.9. The standard InChI is InChI=1S/C24H30ClN5O6S2/c1-16-18(30-12-13-36-15-22(30)31)4-3-5-20(16)38(34,35)27-17(24(33)29-10-8-28(2)9-11-29)14-26-23(32)19-6-7-21(25)37-19/h3-7,17,27H,8-15H2,1-2H3,(H,26,32)/t17-/m0/s1. The summed E-state index contributed by atoms with van der Waals surface area (Å²) in [6, 6.07) is 6.57. The van der Waals surface area contributed by atoms with Gasteiger partial charge in [-0.3, -0.25) is 14.4 Å². The number of likely N-dealkylation sites (N-methyl/N-ethyl adjacent to an activating group) is 1. The second-order valence-corrected chi connectivity index (χ2v) is 12.5. The molecule has 2 aliphatic rings. The maximum atomic E-state index is 13.6. The van der Waals surface area contributed by atoms with Crippen LogP contribution in [-0.2, 0) is 24.3 Å². The van der Waals surface area contributed by atoms with E-state index in [4.69, 9.17) is 16.3 Å². The van der Waals surface area contributed by atoms with Crippen molar-refractivity contribution in [3.05, 3.63) is 45.1 Å². The molecule has 0 spiro atoms. The number of benzene rings is 1. The maximum Gasteiger partial charge on any atom is 0.261 e. The molecule has 2 N–H and O–H groups in total. The van der Waals surface area contributed by atoms with Gasteiger partial charge in [0.2, 0.25) is 15.9 Å². The highest BCUT2D eigenvalue weighted by molar-refractivity contribution is 7.89. The number of carbonyl (C=O) groups is 3. The smallest absolute Gasteiger partial charge is 0.261 e. The minimum absolute atomic E-state index is 0.0539. The third-order valence-electron chi connectivity index (χ3n) is 6.50. The molecule has 1 aromatic carbocycles. The van der Waals surface area contributed by atoms with Gasteiger partial charge < -0.3 is 24.8 Å². The van der Waals surface area contributed by atoms with Crippen LogP contribution in [0.15, 0.2) is 35.2 Å². The number of ether oxygens (including phenoxy) is 1. The number of anilines is 1. The van der Waals surface area contributed by atoms with Crippen LogP contribution < -0.4 is 14.9 Å². The Hall–Kier alpha value is -2.55. The molecule has 0 saturated carbocycles. The van der Waals surface area contributed by atoms with Crippen molar-refractivity contribution < 1.29 is 27.5 Å². The van der Waals surface area contributed by atoms with E-state index >= 15 is 0 Å². The van der Waals surface area contributed by atoms with Crippen LogP contribution in [0.5, 0.6) is 0 Å². The van der Waals surface area contributed by atoms with E-state index in [0.29, 0.717) is 59.8 Å². The van der Waals surface area contributed by atoms with Gasteiger partial charge in [-0.1, -0.05) is 17.7 Å². The van der Waals surface area contributed by atoms with Crippen LogP contribution in [-0.4, -0.2) is 102 Å². The molecular formula is C24H30ClN5O6S2. The minimum Gasteiger partial charge on any atom is -0.370 e. The van der Waals surface area contributed by atoms with Gasteiger partial charge in [0.1, 0.15) is 12.6 Å². The van der Waals surface area contributed by atoms with Crippen molar-refractivity contribution in [1.29, 1.82) is 0 Å². The summed E-state index contributed by atoms with van der Waals surface area (Å²) in [5.41, 5.74) is 0.837. The molecule has 3 heterocycles. The number of hydrogen-bond donors (Lipinski definition) is 2. The molecule has 2 saturated heterocycles. The second kappa shape index (κ2) is 12.1. The molecule has 0 aliphatic carbocycles. The van der Waals surface area contributed by atoms with Crippen molar-refractivity contribution in [2.24, 2.45) is 0 Å². The minimum atomic E-state index is -4.22. The Bertz CT molecular complexity index is 1310. The molecule has 2 aliphatic heterocycles. The van der Waals surface area contributed by atoms with Crippen molar-refractivity contribution in [2.75, 3.05) is 64.4 Å². The van der Waals surface area contributed by atoms with Gasteiger partial charge in [-0.15, -0.1) is 11.3 Å². The van der Waals surface area contributed by atoms with Crippen LogP contribution in [0.2, 0.25) is 4.34 Å². The van der Waals surface area contributed by atoms with E-state index in [9.17, 15) is 22.8 Å². The van der Waals surface area contributed by atoms with E-state index in [-0.39, 0.29) is 24.0 Å². The summed E-state index contributed by atoms with van der Waals surface area (Å²) >= 11 is 7.01. The van der Waals surface area contributed by atoms with Gasteiger partial charge in [-0.05, 0) is 43.8 Å². The van der Waals surface area contributed by atoms with E-state index in [1.807, 2.05) is 7.05 Å². The first kappa shape index (κ1) is 28.5. The fourth-order valence-corrected chi connectivity index (χ4v) is 6.77. The topological polar surface area (TPSA) is 128 Å². The molecule has 0 unspecified atom stereocenters. The summed E-state index contributed by atoms with van der Waals surface area (Å²) in [5.74, 6) is -1.15. The Balaban J connectivity index is 1.58. The quantitative estimate of drug-likeness (QED) is 0.473. The van der Waals surface area contributed by atoms with Gasteiger partial charge in [-0.25, -0.2) is 8.42 Å². The Labute approximate surface area is 230 Å². The third kappa shape index (κ3) is 6.53. The van der Waals surface area contributed by atoms with Gasteiger partial charge in [0.15, 0.2) is 0 Å². The monoisotopic (exact) mass is 583 g/mol. The van der Waals surface area contributed by atoms with Crippen LogP contribution in [0.25, 0.3) is 0 Å². The van der Waals surface area contributed by atoms with Crippen molar-refractivity contribution in [3.63, 3.8) is 0 Å². The van der Waals surface area contributed by atoms with E-state index in [2.05, 4.69) is 14.9 Å². The molecule has 2 aromatic rings. The number of amides is 3. The van der Waals surface area contributed by atoms with Gasteiger partial charge in [0, 0.05) is 45.0 Å². The van der Waals surface area contributed by atoms with Crippen molar-refractivity contribution >= 4 is 56.4 Å². The predicted octanol–water partition coefficient (Wildman–Crippen LogP) is 0.924. The third-order valence-corrected chi connectivity index (χ3v) is 9.34. The number of hydrogen-bond acceptors (Lipinski definition) is 8. The summed E-state index contributed by atoms with van der Waals surface area (Å²) in [5, 5.41) is 2.66. The number of nitrogens with zero attached hydrogens (tertiary/aromatic N) is 3. The second-order valence-electron chi connectivity index (χ2n) is 9.11. The highest BCUT2D eigenvalue weighted by Gasteiger charge is 2.33. The number of carbonyl (C=O) groups excluding carboxylic acids is 3. The van der Waals surface area contributed by atoms with Gasteiger partial charge in [0.05, 0.1) is 20.7 Å². The first-order valence-corrected chi connectivity index (χ1v) is 14.8. The number of piperazine rings is 1. The fourth-order valence-electron chi connectivity index (χ4n) is 4.35. The Morgan fingerprint density at radius 3 is 2.53 bits per heavy atom. The number of sulfonamides is 1. The van der Waals surface area contributed by atoms with Crippen LogP contribution in [0.1, 0.15) is 15.2 Å². The highest BCUT2D eigenvalue weighted by atomic mass is 35.5. The maximum absolute atomic E-state index is 13.6. The number of rotatable bonds is 8. The molecule has 0 bridgehead atoms. The Morgan fingerprint density at radius 2 is 1.87 bits per heavy atom. The average Bonchev–Trinajstić information content (AvgIpc) is 3.33. The Kier molecular flexibility index (Phi) is 9.06. The van der Waals surface area contributed by atoms with Crippen LogP contribution in [0, 0.1) is 6.92 Å². The summed E-state index contributed by atoms with van der Waals surface area (Å²) in [7, 11) is -2.27. The van der Waals surface area contributed by atoms with Gasteiger partial charge >= 0.3 is 0 Å². The zero-order valence-electron chi connectivity index (χ0n) is 21.1. The van der Waals surface area contributed by atoms with E-state index < -0.39 is 27.9 Å². The molecule has 1 aromatic heterocycles. The lowest BCUT2D eigenvalue weighted by Crippen LogP contribution is -2.57. The van der Waals surface area contributed by atoms with E-state index in [0.717, 1.165) is 11.3 Å². The lowest BCUT2D eigenvalue weighted by molar-refractivity contribution is -0.134. The molecule has 14 heteroatoms. The number of halogens is 1. The predicted molar refractivity (Wildman–Crippen MR) is 144 cm³/mol. The molecule has 2 fully saturated rings. The molecule has 206 valence electrons. The molecular weight excluding hydrogens is 554 g/mol. The summed E-state index contributed by atoms with van der Waals surface area (Å²) in [6.07, 6.45) is 0. The van der Waals surface area contributed by atoms with Crippen molar-refractivity contribution in [1.82, 2.24) is 19.8 Å². The van der Waals surface area contributed by atoms with E-state index in [1.54, 1.807) is 36.1 Å². The zero-order valence-corrected chi connectivity index (χ0v) is 23.5. The first-order chi connectivity index (χ1) is 18.1. The van der Waals surface area contributed by atoms with Crippen LogP contribution >= 0.6 is 22.9 Å². The first-order valence-electron chi connectivity index (χ1n) is 12.1. The largest absolute Gasteiger partial charge is 0.370 e. The zero-order chi connectivity index (χ0) is 27.4.